The molecule has 0 aromatic carbocycles. The standard InChI is InChI=1S/C35H54N2O8/c1-3-5-6-7-8-9-10-11-12-13-14-15-16-17-18-19-20-24-33(41)37-31(35(43)45-30(28-38)29-39)23-21-22-27-36-32(40)25-26-34(42)44-4-2/h5-6,8-9,11-12,14-15,17-18,25-26,30-31,38-39H,3-4,7,10,13,16,19-24,27-29H2,1-2H3,(H,36,40)(H,37,41)/b6-5-,9-8-,12-11-,15-14-,18-17-,26-25+/t31-/m0/s1. The van der Waals surface area contributed by atoms with Gasteiger partial charge in [-0.25, -0.2) is 9.59 Å². The Morgan fingerprint density at radius 3 is 1.87 bits per heavy atom. The van der Waals surface area contributed by atoms with Crippen molar-refractivity contribution >= 4 is 23.8 Å². The molecule has 0 unspecified atom stereocenters. The Morgan fingerprint density at radius 2 is 1.31 bits per heavy atom. The number of aliphatic hydroxyl groups excluding tert-OH is 2. The molecule has 45 heavy (non-hydrogen) atoms. The third-order valence-electron chi connectivity index (χ3n) is 6.12. The lowest BCUT2D eigenvalue weighted by molar-refractivity contribution is -0.157. The van der Waals surface area contributed by atoms with E-state index in [9.17, 15) is 29.4 Å². The molecular weight excluding hydrogens is 576 g/mol. The van der Waals surface area contributed by atoms with Gasteiger partial charge >= 0.3 is 11.9 Å². The van der Waals surface area contributed by atoms with Crippen molar-refractivity contribution in [1.82, 2.24) is 10.6 Å². The molecule has 0 aliphatic rings. The maximum atomic E-state index is 12.6. The fourth-order valence-corrected chi connectivity index (χ4v) is 3.72. The average molecular weight is 631 g/mol. The Hall–Kier alpha value is -3.76. The molecule has 0 rings (SSSR count). The van der Waals surface area contributed by atoms with Gasteiger partial charge in [-0.3, -0.25) is 9.59 Å². The van der Waals surface area contributed by atoms with Crippen molar-refractivity contribution in [3.8, 4) is 0 Å². The normalized spacial score (nSPS) is 12.8. The number of rotatable bonds is 26. The quantitative estimate of drug-likeness (QED) is 0.0465. The first kappa shape index (κ1) is 41.2. The molecule has 10 nitrogen and oxygen atoms in total. The van der Waals surface area contributed by atoms with Gasteiger partial charge in [-0.05, 0) is 71.1 Å². The summed E-state index contributed by atoms with van der Waals surface area (Å²) < 4.78 is 9.83. The summed E-state index contributed by atoms with van der Waals surface area (Å²) in [5.74, 6) is -2.10. The van der Waals surface area contributed by atoms with Crippen molar-refractivity contribution in [3.63, 3.8) is 0 Å². The molecule has 0 aliphatic heterocycles. The number of hydrogen-bond donors (Lipinski definition) is 4. The number of aliphatic hydroxyl groups is 2. The first-order chi connectivity index (χ1) is 21.9. The maximum Gasteiger partial charge on any atom is 0.330 e. The third-order valence-corrected chi connectivity index (χ3v) is 6.12. The molecule has 0 bridgehead atoms. The van der Waals surface area contributed by atoms with Crippen LogP contribution in [-0.4, -0.2) is 72.5 Å². The van der Waals surface area contributed by atoms with E-state index >= 15 is 0 Å². The predicted octanol–water partition coefficient (Wildman–Crippen LogP) is 4.70. The summed E-state index contributed by atoms with van der Waals surface area (Å²) in [5.41, 5.74) is 0. The van der Waals surface area contributed by atoms with E-state index in [1.54, 1.807) is 6.92 Å². The third kappa shape index (κ3) is 26.4. The second-order valence-electron chi connectivity index (χ2n) is 10.0. The Balaban J connectivity index is 4.42. The van der Waals surface area contributed by atoms with Crippen molar-refractivity contribution in [2.45, 2.75) is 96.6 Å². The van der Waals surface area contributed by atoms with Crippen LogP contribution in [0.5, 0.6) is 0 Å². The summed E-state index contributed by atoms with van der Waals surface area (Å²) in [4.78, 5) is 48.2. The topological polar surface area (TPSA) is 151 Å². The minimum absolute atomic E-state index is 0.215. The smallest absolute Gasteiger partial charge is 0.330 e. The predicted molar refractivity (Wildman–Crippen MR) is 177 cm³/mol. The van der Waals surface area contributed by atoms with Crippen molar-refractivity contribution in [2.24, 2.45) is 0 Å². The number of esters is 2. The van der Waals surface area contributed by atoms with Gasteiger partial charge in [0.05, 0.1) is 19.8 Å². The molecule has 4 N–H and O–H groups in total. The molecule has 2 amide bonds. The van der Waals surface area contributed by atoms with Crippen molar-refractivity contribution in [1.29, 1.82) is 0 Å². The van der Waals surface area contributed by atoms with E-state index in [0.29, 0.717) is 25.8 Å². The molecule has 0 heterocycles. The van der Waals surface area contributed by atoms with E-state index in [2.05, 4.69) is 72.2 Å². The van der Waals surface area contributed by atoms with Gasteiger partial charge in [0.2, 0.25) is 11.8 Å². The molecule has 0 aromatic rings. The van der Waals surface area contributed by atoms with Gasteiger partial charge < -0.3 is 30.3 Å². The number of unbranched alkanes of at least 4 members (excludes halogenated alkanes) is 2. The summed E-state index contributed by atoms with van der Waals surface area (Å²) >= 11 is 0. The van der Waals surface area contributed by atoms with E-state index in [1.807, 2.05) is 6.08 Å². The summed E-state index contributed by atoms with van der Waals surface area (Å²) in [6.07, 6.45) is 29.8. The molecular formula is C35H54N2O8. The van der Waals surface area contributed by atoms with Gasteiger partial charge in [-0.15, -0.1) is 0 Å². The Kier molecular flexibility index (Phi) is 27.7. The van der Waals surface area contributed by atoms with Crippen molar-refractivity contribution in [3.05, 3.63) is 72.9 Å². The second kappa shape index (κ2) is 30.3. The summed E-state index contributed by atoms with van der Waals surface area (Å²) in [5, 5.41) is 23.8. The van der Waals surface area contributed by atoms with E-state index in [-0.39, 0.29) is 25.4 Å². The Labute approximate surface area is 269 Å². The van der Waals surface area contributed by atoms with E-state index in [4.69, 9.17) is 9.47 Å². The number of allylic oxidation sites excluding steroid dienone is 10. The number of carbonyl (C=O) groups is 4. The lowest BCUT2D eigenvalue weighted by Crippen LogP contribution is -2.44. The second-order valence-corrected chi connectivity index (χ2v) is 10.0. The van der Waals surface area contributed by atoms with Gasteiger partial charge in [0.25, 0.3) is 0 Å². The van der Waals surface area contributed by atoms with Crippen LogP contribution < -0.4 is 10.6 Å². The highest BCUT2D eigenvalue weighted by molar-refractivity contribution is 5.94. The highest BCUT2D eigenvalue weighted by atomic mass is 16.6. The van der Waals surface area contributed by atoms with Gasteiger partial charge in [0, 0.05) is 25.1 Å². The van der Waals surface area contributed by atoms with Crippen molar-refractivity contribution < 1.29 is 38.9 Å². The summed E-state index contributed by atoms with van der Waals surface area (Å²) in [7, 11) is 0. The highest BCUT2D eigenvalue weighted by Crippen LogP contribution is 2.07. The first-order valence-electron chi connectivity index (χ1n) is 16.0. The Bertz CT molecular complexity index is 994. The number of amides is 2. The fourth-order valence-electron chi connectivity index (χ4n) is 3.72. The molecule has 1 atom stereocenters. The highest BCUT2D eigenvalue weighted by Gasteiger charge is 2.24. The molecule has 0 saturated heterocycles. The first-order valence-corrected chi connectivity index (χ1v) is 16.0. The zero-order valence-corrected chi connectivity index (χ0v) is 27.0. The largest absolute Gasteiger partial charge is 0.463 e. The van der Waals surface area contributed by atoms with Crippen LogP contribution >= 0.6 is 0 Å². The van der Waals surface area contributed by atoms with Crippen LogP contribution in [0, 0.1) is 0 Å². The Morgan fingerprint density at radius 1 is 0.733 bits per heavy atom. The van der Waals surface area contributed by atoms with Gasteiger partial charge in [-0.1, -0.05) is 67.7 Å². The zero-order valence-electron chi connectivity index (χ0n) is 27.0. The SMILES string of the molecule is CC/C=C\C/C=C\C/C=C\C/C=C\C/C=C\CCCC(=O)N[C@@H](CCCCNC(=O)/C=C/C(=O)OCC)C(=O)OC(CO)CO. The molecule has 0 saturated carbocycles. The molecule has 10 heteroatoms. The lowest BCUT2D eigenvalue weighted by Gasteiger charge is -2.20. The van der Waals surface area contributed by atoms with Crippen LogP contribution in [-0.2, 0) is 28.7 Å². The monoisotopic (exact) mass is 630 g/mol. The number of carbonyl (C=O) groups excluding carboxylic acids is 4. The van der Waals surface area contributed by atoms with E-state index < -0.39 is 43.2 Å². The maximum absolute atomic E-state index is 12.6. The fraction of sp³-hybridized carbons (Fsp3) is 0.543. The van der Waals surface area contributed by atoms with Gasteiger partial charge in [0.15, 0.2) is 0 Å². The molecule has 252 valence electrons. The summed E-state index contributed by atoms with van der Waals surface area (Å²) in [6, 6.07) is -0.953. The number of ether oxygens (including phenoxy) is 2. The van der Waals surface area contributed by atoms with E-state index in [0.717, 1.165) is 50.7 Å². The van der Waals surface area contributed by atoms with Crippen LogP contribution in [0.3, 0.4) is 0 Å². The van der Waals surface area contributed by atoms with Crippen molar-refractivity contribution in [2.75, 3.05) is 26.4 Å². The molecule has 0 fully saturated rings. The molecule has 0 spiro atoms. The number of nitrogens with one attached hydrogen (secondary N) is 2. The van der Waals surface area contributed by atoms with Crippen LogP contribution in [0.4, 0.5) is 0 Å². The molecule has 0 aliphatic carbocycles. The van der Waals surface area contributed by atoms with Crippen LogP contribution in [0.25, 0.3) is 0 Å². The average Bonchev–Trinajstić information content (AvgIpc) is 3.03. The van der Waals surface area contributed by atoms with Crippen LogP contribution in [0.1, 0.15) is 84.5 Å². The summed E-state index contributed by atoms with van der Waals surface area (Å²) in [6.45, 7) is 3.22. The van der Waals surface area contributed by atoms with Gasteiger partial charge in [-0.2, -0.15) is 0 Å². The van der Waals surface area contributed by atoms with Crippen LogP contribution in [0.15, 0.2) is 72.9 Å². The lowest BCUT2D eigenvalue weighted by atomic mass is 10.1. The minimum atomic E-state index is -1.07. The van der Waals surface area contributed by atoms with E-state index in [1.165, 1.54) is 0 Å². The molecule has 0 aromatic heterocycles. The van der Waals surface area contributed by atoms with Gasteiger partial charge in [0.1, 0.15) is 12.1 Å². The zero-order chi connectivity index (χ0) is 33.4. The van der Waals surface area contributed by atoms with Crippen LogP contribution in [0.2, 0.25) is 0 Å². The number of hydrogen-bond acceptors (Lipinski definition) is 8. The molecule has 0 radical (unpaired) electrons. The minimum Gasteiger partial charge on any atom is -0.463 e.